The van der Waals surface area contributed by atoms with E-state index in [-0.39, 0.29) is 22.4 Å². The minimum Gasteiger partial charge on any atom is -0.306 e. The third-order valence-electron chi connectivity index (χ3n) is 5.59. The fourth-order valence-electron chi connectivity index (χ4n) is 4.40. The van der Waals surface area contributed by atoms with Crippen LogP contribution in [0.2, 0.25) is 0 Å². The second kappa shape index (κ2) is 4.77. The summed E-state index contributed by atoms with van der Waals surface area (Å²) in [6.07, 6.45) is 1.70. The molecule has 0 radical (unpaired) electrons. The molecule has 1 saturated heterocycles. The van der Waals surface area contributed by atoms with Crippen molar-refractivity contribution in [2.45, 2.75) is 38.5 Å². The molecular formula is C18H23NO2. The van der Waals surface area contributed by atoms with Crippen molar-refractivity contribution >= 4 is 11.6 Å². The standard InChI is InChI=1S/C18H23NO2/c1-13-5-4-6-14(9-13)18-7-8-19(3)12-17(18,2)10-15(20)16(21)11-18/h4-6,9H,7-8,10-12H2,1-3H3/t17-,18+/m1/s1. The topological polar surface area (TPSA) is 37.4 Å². The van der Waals surface area contributed by atoms with Crippen LogP contribution in [-0.2, 0) is 15.0 Å². The Bertz CT molecular complexity index is 609. The highest BCUT2D eigenvalue weighted by atomic mass is 16.2. The molecule has 3 nitrogen and oxygen atoms in total. The molecule has 0 amide bonds. The Morgan fingerprint density at radius 3 is 2.57 bits per heavy atom. The Kier molecular flexibility index (Phi) is 3.28. The zero-order valence-electron chi connectivity index (χ0n) is 13.1. The molecule has 0 unspecified atom stereocenters. The van der Waals surface area contributed by atoms with E-state index >= 15 is 0 Å². The number of hydrogen-bond donors (Lipinski definition) is 0. The number of fused-ring (bicyclic) bond motifs is 1. The number of hydrogen-bond acceptors (Lipinski definition) is 3. The van der Waals surface area contributed by atoms with Gasteiger partial charge in [-0.15, -0.1) is 0 Å². The van der Waals surface area contributed by atoms with Crippen molar-refractivity contribution in [1.82, 2.24) is 4.90 Å². The minimum atomic E-state index is -0.184. The zero-order chi connectivity index (χ0) is 15.3. The number of Topliss-reactive ketones (excluding diaryl/α,β-unsaturated/α-hetero) is 2. The van der Waals surface area contributed by atoms with Crippen LogP contribution in [0.25, 0.3) is 0 Å². The smallest absolute Gasteiger partial charge is 0.199 e. The number of ketones is 2. The van der Waals surface area contributed by atoms with Crippen molar-refractivity contribution in [3.05, 3.63) is 35.4 Å². The van der Waals surface area contributed by atoms with Gasteiger partial charge in [0.05, 0.1) is 0 Å². The second-order valence-electron chi connectivity index (χ2n) is 7.20. The Morgan fingerprint density at radius 1 is 1.14 bits per heavy atom. The molecule has 0 spiro atoms. The highest BCUT2D eigenvalue weighted by Crippen LogP contribution is 2.54. The van der Waals surface area contributed by atoms with E-state index in [1.165, 1.54) is 11.1 Å². The number of nitrogens with zero attached hydrogens (tertiary/aromatic N) is 1. The highest BCUT2D eigenvalue weighted by molar-refractivity contribution is 6.38. The molecule has 2 atom stereocenters. The van der Waals surface area contributed by atoms with Crippen LogP contribution in [0.4, 0.5) is 0 Å². The van der Waals surface area contributed by atoms with Crippen LogP contribution in [0.15, 0.2) is 24.3 Å². The number of rotatable bonds is 1. The number of carbonyl (C=O) groups is 2. The SMILES string of the molecule is Cc1cccc([C@@]23CCN(C)C[C@@]2(C)CC(=O)C(=O)C3)c1. The van der Waals surface area contributed by atoms with Crippen LogP contribution < -0.4 is 0 Å². The van der Waals surface area contributed by atoms with Gasteiger partial charge in [-0.3, -0.25) is 9.59 Å². The quantitative estimate of drug-likeness (QED) is 0.744. The van der Waals surface area contributed by atoms with Crippen molar-refractivity contribution in [2.24, 2.45) is 5.41 Å². The molecule has 112 valence electrons. The minimum absolute atomic E-state index is 0.154. The van der Waals surface area contributed by atoms with E-state index in [0.717, 1.165) is 19.5 Å². The maximum Gasteiger partial charge on any atom is 0.199 e. The van der Waals surface area contributed by atoms with Crippen LogP contribution >= 0.6 is 0 Å². The molecule has 3 heteroatoms. The summed E-state index contributed by atoms with van der Waals surface area (Å²) in [6.45, 7) is 6.13. The van der Waals surface area contributed by atoms with Gasteiger partial charge < -0.3 is 4.90 Å². The van der Waals surface area contributed by atoms with E-state index in [9.17, 15) is 9.59 Å². The Labute approximate surface area is 126 Å². The van der Waals surface area contributed by atoms with Crippen molar-refractivity contribution < 1.29 is 9.59 Å². The summed E-state index contributed by atoms with van der Waals surface area (Å²) >= 11 is 0. The summed E-state index contributed by atoms with van der Waals surface area (Å²) in [4.78, 5) is 26.5. The summed E-state index contributed by atoms with van der Waals surface area (Å²) < 4.78 is 0. The van der Waals surface area contributed by atoms with Crippen molar-refractivity contribution in [3.63, 3.8) is 0 Å². The summed E-state index contributed by atoms with van der Waals surface area (Å²) in [5, 5.41) is 0. The van der Waals surface area contributed by atoms with Gasteiger partial charge in [-0.25, -0.2) is 0 Å². The molecule has 0 bridgehead atoms. The Hall–Kier alpha value is -1.48. The fraction of sp³-hybridized carbons (Fsp3) is 0.556. The van der Waals surface area contributed by atoms with Crippen molar-refractivity contribution in [1.29, 1.82) is 0 Å². The molecule has 1 aromatic rings. The third-order valence-corrected chi connectivity index (χ3v) is 5.59. The van der Waals surface area contributed by atoms with E-state index in [2.05, 4.69) is 50.1 Å². The first-order valence-electron chi connectivity index (χ1n) is 7.68. The lowest BCUT2D eigenvalue weighted by Crippen LogP contribution is -2.60. The molecule has 2 fully saturated rings. The van der Waals surface area contributed by atoms with Crippen LogP contribution in [0, 0.1) is 12.3 Å². The van der Waals surface area contributed by atoms with E-state index in [1.807, 2.05) is 0 Å². The van der Waals surface area contributed by atoms with E-state index < -0.39 is 0 Å². The van der Waals surface area contributed by atoms with Crippen LogP contribution in [0.1, 0.15) is 37.3 Å². The number of piperidine rings is 1. The second-order valence-corrected chi connectivity index (χ2v) is 7.20. The predicted octanol–water partition coefficient (Wildman–Crippen LogP) is 2.51. The lowest BCUT2D eigenvalue weighted by atomic mass is 9.50. The molecule has 0 N–H and O–H groups in total. The number of carbonyl (C=O) groups excluding carboxylic acids is 2. The average Bonchev–Trinajstić information content (AvgIpc) is 2.40. The zero-order valence-corrected chi connectivity index (χ0v) is 13.1. The Morgan fingerprint density at radius 2 is 1.86 bits per heavy atom. The van der Waals surface area contributed by atoms with E-state index in [4.69, 9.17) is 0 Å². The molecule has 0 aromatic heterocycles. The maximum absolute atomic E-state index is 12.2. The van der Waals surface area contributed by atoms with Gasteiger partial charge >= 0.3 is 0 Å². The molecule has 21 heavy (non-hydrogen) atoms. The first-order valence-corrected chi connectivity index (χ1v) is 7.68. The van der Waals surface area contributed by atoms with Gasteiger partial charge in [0.2, 0.25) is 0 Å². The summed E-state index contributed by atoms with van der Waals surface area (Å²) in [5.74, 6) is -0.366. The molecule has 2 aliphatic rings. The van der Waals surface area contributed by atoms with Crippen molar-refractivity contribution in [3.8, 4) is 0 Å². The highest BCUT2D eigenvalue weighted by Gasteiger charge is 2.57. The molecule has 1 heterocycles. The van der Waals surface area contributed by atoms with Gasteiger partial charge in [0.1, 0.15) is 0 Å². The molecule has 1 aromatic carbocycles. The lowest BCUT2D eigenvalue weighted by Gasteiger charge is -2.56. The Balaban J connectivity index is 2.14. The molecule has 1 aliphatic heterocycles. The largest absolute Gasteiger partial charge is 0.306 e. The summed E-state index contributed by atoms with van der Waals surface area (Å²) in [5.41, 5.74) is 2.11. The third kappa shape index (κ3) is 2.15. The fourth-order valence-corrected chi connectivity index (χ4v) is 4.40. The first-order chi connectivity index (χ1) is 9.86. The monoisotopic (exact) mass is 285 g/mol. The number of likely N-dealkylation sites (tertiary alicyclic amines) is 1. The van der Waals surface area contributed by atoms with Crippen molar-refractivity contribution in [2.75, 3.05) is 20.1 Å². The lowest BCUT2D eigenvalue weighted by molar-refractivity contribution is -0.147. The average molecular weight is 285 g/mol. The van der Waals surface area contributed by atoms with Gasteiger partial charge in [-0.1, -0.05) is 36.8 Å². The van der Waals surface area contributed by atoms with Crippen LogP contribution in [-0.4, -0.2) is 36.6 Å². The molecule has 1 saturated carbocycles. The van der Waals surface area contributed by atoms with E-state index in [0.29, 0.717) is 12.8 Å². The maximum atomic E-state index is 12.2. The van der Waals surface area contributed by atoms with Crippen LogP contribution in [0.5, 0.6) is 0 Å². The number of aryl methyl sites for hydroxylation is 1. The summed E-state index contributed by atoms with van der Waals surface area (Å²) in [7, 11) is 2.10. The summed E-state index contributed by atoms with van der Waals surface area (Å²) in [6, 6.07) is 8.49. The first kappa shape index (κ1) is 14.5. The predicted molar refractivity (Wildman–Crippen MR) is 82.3 cm³/mol. The van der Waals surface area contributed by atoms with Gasteiger partial charge in [-0.05, 0) is 37.9 Å². The van der Waals surface area contributed by atoms with E-state index in [1.54, 1.807) is 0 Å². The molecular weight excluding hydrogens is 262 g/mol. The normalized spacial score (nSPS) is 33.9. The molecule has 1 aliphatic carbocycles. The molecule has 3 rings (SSSR count). The van der Waals surface area contributed by atoms with Gasteiger partial charge in [0.25, 0.3) is 0 Å². The van der Waals surface area contributed by atoms with Gasteiger partial charge in [0.15, 0.2) is 11.6 Å². The van der Waals surface area contributed by atoms with Gasteiger partial charge in [0, 0.05) is 24.8 Å². The number of benzene rings is 1. The van der Waals surface area contributed by atoms with Crippen LogP contribution in [0.3, 0.4) is 0 Å². The van der Waals surface area contributed by atoms with Gasteiger partial charge in [-0.2, -0.15) is 0 Å².